The quantitative estimate of drug-likeness (QED) is 0.908. The van der Waals surface area contributed by atoms with Crippen LogP contribution in [-0.2, 0) is 25.0 Å². The van der Waals surface area contributed by atoms with Crippen LogP contribution in [0.15, 0.2) is 30.5 Å². The summed E-state index contributed by atoms with van der Waals surface area (Å²) >= 11 is 0. The van der Waals surface area contributed by atoms with Gasteiger partial charge in [0.25, 0.3) is 0 Å². The molecule has 1 unspecified atom stereocenters. The summed E-state index contributed by atoms with van der Waals surface area (Å²) in [5, 5.41) is 8.15. The van der Waals surface area contributed by atoms with Gasteiger partial charge in [-0.25, -0.2) is 0 Å². The Hall–Kier alpha value is -1.65. The van der Waals surface area contributed by atoms with Crippen LogP contribution in [0.4, 0.5) is 0 Å². The summed E-state index contributed by atoms with van der Waals surface area (Å²) < 4.78 is 7.35. The van der Waals surface area contributed by atoms with Gasteiger partial charge in [0.1, 0.15) is 0 Å². The average molecular weight is 271 g/mol. The van der Waals surface area contributed by atoms with Gasteiger partial charge >= 0.3 is 0 Å². The second kappa shape index (κ2) is 5.77. The largest absolute Gasteiger partial charge is 0.372 e. The molecule has 0 spiro atoms. The zero-order valence-corrected chi connectivity index (χ0v) is 12.1. The number of aryl methyl sites for hydroxylation is 1. The molecule has 4 heteroatoms. The normalized spacial score (nSPS) is 15.3. The molecule has 3 rings (SSSR count). The van der Waals surface area contributed by atoms with Gasteiger partial charge < -0.3 is 10.1 Å². The van der Waals surface area contributed by atoms with Crippen molar-refractivity contribution in [3.63, 3.8) is 0 Å². The third kappa shape index (κ3) is 2.62. The Morgan fingerprint density at radius 3 is 2.90 bits per heavy atom. The highest BCUT2D eigenvalue weighted by Gasteiger charge is 2.19. The van der Waals surface area contributed by atoms with Crippen molar-refractivity contribution in [3.8, 4) is 0 Å². The van der Waals surface area contributed by atoms with Gasteiger partial charge in [0.2, 0.25) is 0 Å². The molecule has 0 bridgehead atoms. The first kappa shape index (κ1) is 13.3. The zero-order chi connectivity index (χ0) is 13.9. The lowest BCUT2D eigenvalue weighted by Gasteiger charge is -2.18. The summed E-state index contributed by atoms with van der Waals surface area (Å²) in [6.07, 6.45) is 3.10. The molecular weight excluding hydrogens is 250 g/mol. The van der Waals surface area contributed by atoms with Crippen molar-refractivity contribution in [1.29, 1.82) is 0 Å². The number of aromatic nitrogens is 2. The van der Waals surface area contributed by atoms with Crippen molar-refractivity contribution in [2.24, 2.45) is 7.05 Å². The van der Waals surface area contributed by atoms with Gasteiger partial charge in [-0.3, -0.25) is 4.68 Å². The van der Waals surface area contributed by atoms with Gasteiger partial charge in [-0.15, -0.1) is 0 Å². The standard InChI is InChI=1S/C16H21N3O/c1-3-7-17-16(15-6-8-19(2)18-15)12-4-5-13-10-20-11-14(13)9-12/h4-6,8-9,16-17H,3,7,10-11H2,1-2H3. The maximum Gasteiger partial charge on any atom is 0.0839 e. The molecule has 0 saturated heterocycles. The van der Waals surface area contributed by atoms with E-state index >= 15 is 0 Å². The number of hydrogen-bond donors (Lipinski definition) is 1. The smallest absolute Gasteiger partial charge is 0.0839 e. The van der Waals surface area contributed by atoms with Gasteiger partial charge in [0.05, 0.1) is 24.9 Å². The van der Waals surface area contributed by atoms with E-state index in [2.05, 4.69) is 41.6 Å². The molecule has 106 valence electrons. The lowest BCUT2D eigenvalue weighted by atomic mass is 9.99. The number of hydrogen-bond acceptors (Lipinski definition) is 3. The molecule has 1 aromatic heterocycles. The molecule has 0 saturated carbocycles. The van der Waals surface area contributed by atoms with E-state index in [4.69, 9.17) is 4.74 Å². The van der Waals surface area contributed by atoms with E-state index in [9.17, 15) is 0 Å². The van der Waals surface area contributed by atoms with E-state index in [1.54, 1.807) is 0 Å². The van der Waals surface area contributed by atoms with Gasteiger partial charge in [0.15, 0.2) is 0 Å². The Labute approximate surface area is 119 Å². The number of nitrogens with zero attached hydrogens (tertiary/aromatic N) is 2. The van der Waals surface area contributed by atoms with E-state index in [0.29, 0.717) is 0 Å². The number of rotatable bonds is 5. The van der Waals surface area contributed by atoms with Crippen LogP contribution in [0.5, 0.6) is 0 Å². The molecule has 2 heterocycles. The summed E-state index contributed by atoms with van der Waals surface area (Å²) in [4.78, 5) is 0. The van der Waals surface area contributed by atoms with Crippen LogP contribution < -0.4 is 5.32 Å². The van der Waals surface area contributed by atoms with Crippen LogP contribution in [0.25, 0.3) is 0 Å². The zero-order valence-electron chi connectivity index (χ0n) is 12.1. The third-order valence-corrected chi connectivity index (χ3v) is 3.71. The summed E-state index contributed by atoms with van der Waals surface area (Å²) in [5.74, 6) is 0. The molecule has 0 amide bonds. The first-order chi connectivity index (χ1) is 9.78. The minimum absolute atomic E-state index is 0.155. The van der Waals surface area contributed by atoms with Crippen molar-refractivity contribution in [1.82, 2.24) is 15.1 Å². The lowest BCUT2D eigenvalue weighted by Crippen LogP contribution is -2.24. The van der Waals surface area contributed by atoms with Crippen LogP contribution in [0.3, 0.4) is 0 Å². The van der Waals surface area contributed by atoms with Crippen molar-refractivity contribution in [2.75, 3.05) is 6.54 Å². The number of nitrogens with one attached hydrogen (secondary N) is 1. The van der Waals surface area contributed by atoms with Gasteiger partial charge in [0, 0.05) is 13.2 Å². The second-order valence-corrected chi connectivity index (χ2v) is 5.32. The first-order valence-electron chi connectivity index (χ1n) is 7.20. The maximum absolute atomic E-state index is 5.50. The molecule has 0 radical (unpaired) electrons. The number of benzene rings is 1. The van der Waals surface area contributed by atoms with Crippen molar-refractivity contribution in [2.45, 2.75) is 32.6 Å². The minimum Gasteiger partial charge on any atom is -0.372 e. The molecule has 1 aliphatic heterocycles. The lowest BCUT2D eigenvalue weighted by molar-refractivity contribution is 0.134. The Morgan fingerprint density at radius 2 is 2.15 bits per heavy atom. The molecule has 0 fully saturated rings. The summed E-state index contributed by atoms with van der Waals surface area (Å²) in [6, 6.07) is 8.86. The van der Waals surface area contributed by atoms with E-state index < -0.39 is 0 Å². The van der Waals surface area contributed by atoms with Crippen LogP contribution in [0.2, 0.25) is 0 Å². The molecule has 20 heavy (non-hydrogen) atoms. The fourth-order valence-electron chi connectivity index (χ4n) is 2.64. The topological polar surface area (TPSA) is 39.1 Å². The Bertz CT molecular complexity index is 591. The predicted molar refractivity (Wildman–Crippen MR) is 78.3 cm³/mol. The molecule has 1 aliphatic rings. The van der Waals surface area contributed by atoms with E-state index in [1.165, 1.54) is 16.7 Å². The second-order valence-electron chi connectivity index (χ2n) is 5.32. The fourth-order valence-corrected chi connectivity index (χ4v) is 2.64. The highest BCUT2D eigenvalue weighted by atomic mass is 16.5. The van der Waals surface area contributed by atoms with E-state index in [-0.39, 0.29) is 6.04 Å². The van der Waals surface area contributed by atoms with Crippen molar-refractivity contribution in [3.05, 3.63) is 52.8 Å². The molecule has 1 N–H and O–H groups in total. The van der Waals surface area contributed by atoms with Gasteiger partial charge in [-0.2, -0.15) is 5.10 Å². The van der Waals surface area contributed by atoms with Crippen LogP contribution >= 0.6 is 0 Å². The fraction of sp³-hybridized carbons (Fsp3) is 0.438. The monoisotopic (exact) mass is 271 g/mol. The molecule has 1 aromatic carbocycles. The molecule has 2 aromatic rings. The minimum atomic E-state index is 0.155. The summed E-state index contributed by atoms with van der Waals surface area (Å²) in [6.45, 7) is 4.63. The van der Waals surface area contributed by atoms with Crippen molar-refractivity contribution < 1.29 is 4.74 Å². The maximum atomic E-state index is 5.50. The number of fused-ring (bicyclic) bond motifs is 1. The third-order valence-electron chi connectivity index (χ3n) is 3.71. The molecule has 4 nitrogen and oxygen atoms in total. The average Bonchev–Trinajstić information content (AvgIpc) is 3.07. The highest BCUT2D eigenvalue weighted by molar-refractivity contribution is 5.37. The Kier molecular flexibility index (Phi) is 3.85. The molecule has 0 aliphatic carbocycles. The predicted octanol–water partition coefficient (Wildman–Crippen LogP) is 2.54. The summed E-state index contributed by atoms with van der Waals surface area (Å²) in [5.41, 5.74) is 4.95. The molecule has 1 atom stereocenters. The highest BCUT2D eigenvalue weighted by Crippen LogP contribution is 2.26. The number of ether oxygens (including phenoxy) is 1. The van der Waals surface area contributed by atoms with Crippen LogP contribution in [0.1, 0.15) is 41.8 Å². The van der Waals surface area contributed by atoms with Crippen LogP contribution in [0, 0.1) is 0 Å². The SMILES string of the molecule is CCCNC(c1ccc2c(c1)COC2)c1ccn(C)n1. The van der Waals surface area contributed by atoms with Crippen molar-refractivity contribution >= 4 is 0 Å². The van der Waals surface area contributed by atoms with E-state index in [1.807, 2.05) is 17.9 Å². The Balaban J connectivity index is 1.92. The van der Waals surface area contributed by atoms with E-state index in [0.717, 1.165) is 31.9 Å². The van der Waals surface area contributed by atoms with Gasteiger partial charge in [-0.05, 0) is 35.7 Å². The Morgan fingerprint density at radius 1 is 1.30 bits per heavy atom. The van der Waals surface area contributed by atoms with Gasteiger partial charge in [-0.1, -0.05) is 25.1 Å². The molecular formula is C16H21N3O. The summed E-state index contributed by atoms with van der Waals surface area (Å²) in [7, 11) is 1.96. The first-order valence-corrected chi connectivity index (χ1v) is 7.20. The van der Waals surface area contributed by atoms with Crippen LogP contribution in [-0.4, -0.2) is 16.3 Å².